The van der Waals surface area contributed by atoms with Gasteiger partial charge in [-0.15, -0.1) is 0 Å². The number of piperidine rings is 1. The maximum absolute atomic E-state index is 11.1. The summed E-state index contributed by atoms with van der Waals surface area (Å²) in [7, 11) is 0. The van der Waals surface area contributed by atoms with Crippen molar-refractivity contribution in [1.82, 2.24) is 19.9 Å². The summed E-state index contributed by atoms with van der Waals surface area (Å²) in [5.74, 6) is 1.42. The molecule has 2 aromatic heterocycles. The fourth-order valence-electron chi connectivity index (χ4n) is 3.02. The van der Waals surface area contributed by atoms with Gasteiger partial charge in [0.05, 0.1) is 24.6 Å². The maximum atomic E-state index is 11.1. The molecule has 7 heteroatoms. The molecule has 2 aromatic rings. The molecule has 1 amide bonds. The fraction of sp³-hybridized carbons (Fsp3) is 0.412. The summed E-state index contributed by atoms with van der Waals surface area (Å²) in [4.78, 5) is 26.5. The zero-order valence-corrected chi connectivity index (χ0v) is 13.8. The summed E-state index contributed by atoms with van der Waals surface area (Å²) >= 11 is 0. The normalized spacial score (nSPS) is 18.3. The number of nitrogens with two attached hydrogens (primary N) is 1. The number of primary amides is 1. The van der Waals surface area contributed by atoms with Crippen molar-refractivity contribution in [3.8, 4) is 0 Å². The molecule has 7 nitrogen and oxygen atoms in total. The second-order valence-corrected chi connectivity index (χ2v) is 6.16. The number of anilines is 2. The van der Waals surface area contributed by atoms with Gasteiger partial charge in [0, 0.05) is 18.2 Å². The Kier molecular flexibility index (Phi) is 5.00. The zero-order valence-electron chi connectivity index (χ0n) is 13.8. The molecule has 3 N–H and O–H groups in total. The summed E-state index contributed by atoms with van der Waals surface area (Å²) in [6.07, 6.45) is 5.62. The number of carbonyl (C=O) groups excluding carboxylic acids is 1. The molecule has 1 atom stereocenters. The first-order chi connectivity index (χ1) is 11.6. The van der Waals surface area contributed by atoms with E-state index >= 15 is 0 Å². The van der Waals surface area contributed by atoms with E-state index in [2.05, 4.69) is 25.2 Å². The van der Waals surface area contributed by atoms with Gasteiger partial charge in [0.15, 0.2) is 0 Å². The number of pyridine rings is 1. The molecule has 1 aliphatic heterocycles. The second kappa shape index (κ2) is 7.35. The lowest BCUT2D eigenvalue weighted by Gasteiger charge is -2.31. The molecule has 0 radical (unpaired) electrons. The van der Waals surface area contributed by atoms with E-state index < -0.39 is 0 Å². The molecule has 0 aromatic carbocycles. The predicted molar refractivity (Wildman–Crippen MR) is 91.9 cm³/mol. The van der Waals surface area contributed by atoms with Crippen LogP contribution < -0.4 is 11.1 Å². The van der Waals surface area contributed by atoms with Gasteiger partial charge in [0.2, 0.25) is 5.91 Å². The Balaban J connectivity index is 1.64. The van der Waals surface area contributed by atoms with Crippen molar-refractivity contribution < 1.29 is 4.79 Å². The Labute approximate surface area is 141 Å². The molecule has 1 fully saturated rings. The van der Waals surface area contributed by atoms with E-state index in [4.69, 9.17) is 5.73 Å². The van der Waals surface area contributed by atoms with E-state index in [-0.39, 0.29) is 11.8 Å². The van der Waals surface area contributed by atoms with Crippen molar-refractivity contribution >= 4 is 17.5 Å². The highest BCUT2D eigenvalue weighted by atomic mass is 16.1. The summed E-state index contributed by atoms with van der Waals surface area (Å²) in [5.41, 5.74) is 7.18. The van der Waals surface area contributed by atoms with E-state index in [1.165, 1.54) is 0 Å². The van der Waals surface area contributed by atoms with Crippen LogP contribution in [0.25, 0.3) is 0 Å². The molecule has 0 spiro atoms. The van der Waals surface area contributed by atoms with Crippen molar-refractivity contribution in [2.75, 3.05) is 25.0 Å². The average molecular weight is 326 g/mol. The van der Waals surface area contributed by atoms with E-state index in [1.54, 1.807) is 12.4 Å². The predicted octanol–water partition coefficient (Wildman–Crippen LogP) is 1.59. The lowest BCUT2D eigenvalue weighted by molar-refractivity contribution is -0.119. The molecule has 3 heterocycles. The van der Waals surface area contributed by atoms with Gasteiger partial charge in [-0.25, -0.2) is 9.97 Å². The van der Waals surface area contributed by atoms with Crippen LogP contribution in [0.3, 0.4) is 0 Å². The first-order valence-corrected chi connectivity index (χ1v) is 8.13. The quantitative estimate of drug-likeness (QED) is 0.866. The van der Waals surface area contributed by atoms with Crippen LogP contribution in [-0.2, 0) is 4.79 Å². The molecule has 3 rings (SSSR count). The van der Waals surface area contributed by atoms with E-state index in [1.807, 2.05) is 25.1 Å². The maximum Gasteiger partial charge on any atom is 0.231 e. The third kappa shape index (κ3) is 4.26. The molecule has 1 saturated heterocycles. The van der Waals surface area contributed by atoms with Gasteiger partial charge in [0.1, 0.15) is 11.6 Å². The van der Waals surface area contributed by atoms with Crippen molar-refractivity contribution in [1.29, 1.82) is 0 Å². The Morgan fingerprint density at radius 2 is 2.21 bits per heavy atom. The van der Waals surface area contributed by atoms with E-state index in [0.717, 1.165) is 43.1 Å². The third-order valence-corrected chi connectivity index (χ3v) is 4.12. The van der Waals surface area contributed by atoms with Crippen LogP contribution in [-0.4, -0.2) is 45.4 Å². The standard InChI is InChI=1S/C17H22N6O/c1-12-4-2-6-16(21-12)22-17-9-19-14(8-20-17)13-5-3-7-23(10-13)11-15(18)24/h2,4,6,8-9,13H,3,5,7,10-11H2,1H3,(H2,18,24)(H,20,21,22)/t13-/m1/s1. The summed E-state index contributed by atoms with van der Waals surface area (Å²) in [6, 6.07) is 5.79. The number of carbonyl (C=O) groups is 1. The van der Waals surface area contributed by atoms with E-state index in [9.17, 15) is 4.79 Å². The number of rotatable bonds is 5. The smallest absolute Gasteiger partial charge is 0.231 e. The number of hydrogen-bond donors (Lipinski definition) is 2. The number of amides is 1. The van der Waals surface area contributed by atoms with Gasteiger partial charge in [-0.3, -0.25) is 14.7 Å². The number of nitrogens with zero attached hydrogens (tertiary/aromatic N) is 4. The molecule has 0 saturated carbocycles. The molecule has 24 heavy (non-hydrogen) atoms. The minimum absolute atomic E-state index is 0.285. The Morgan fingerprint density at radius 1 is 1.33 bits per heavy atom. The highest BCUT2D eigenvalue weighted by Crippen LogP contribution is 2.25. The highest BCUT2D eigenvalue weighted by Gasteiger charge is 2.23. The minimum atomic E-state index is -0.285. The molecule has 1 aliphatic rings. The Hall–Kier alpha value is -2.54. The van der Waals surface area contributed by atoms with Crippen LogP contribution in [0, 0.1) is 6.92 Å². The molecular weight excluding hydrogens is 304 g/mol. The Morgan fingerprint density at radius 3 is 2.92 bits per heavy atom. The monoisotopic (exact) mass is 326 g/mol. The summed E-state index contributed by atoms with van der Waals surface area (Å²) in [5, 5.41) is 3.15. The second-order valence-electron chi connectivity index (χ2n) is 6.16. The number of likely N-dealkylation sites (tertiary alicyclic amines) is 1. The largest absolute Gasteiger partial charge is 0.369 e. The van der Waals surface area contributed by atoms with Crippen molar-refractivity contribution in [3.05, 3.63) is 42.0 Å². The van der Waals surface area contributed by atoms with Gasteiger partial charge in [-0.1, -0.05) is 6.07 Å². The fourth-order valence-corrected chi connectivity index (χ4v) is 3.02. The molecule has 0 unspecified atom stereocenters. The lowest BCUT2D eigenvalue weighted by Crippen LogP contribution is -2.40. The average Bonchev–Trinajstić information content (AvgIpc) is 2.55. The van der Waals surface area contributed by atoms with Crippen LogP contribution in [0.4, 0.5) is 11.6 Å². The van der Waals surface area contributed by atoms with Gasteiger partial charge >= 0.3 is 0 Å². The molecule has 0 bridgehead atoms. The number of nitrogens with one attached hydrogen (secondary N) is 1. The zero-order chi connectivity index (χ0) is 16.9. The Bertz CT molecular complexity index is 702. The molecule has 0 aliphatic carbocycles. The van der Waals surface area contributed by atoms with Gasteiger partial charge in [-0.05, 0) is 38.4 Å². The van der Waals surface area contributed by atoms with Gasteiger partial charge in [-0.2, -0.15) is 0 Å². The van der Waals surface area contributed by atoms with Gasteiger partial charge < -0.3 is 11.1 Å². The van der Waals surface area contributed by atoms with Crippen LogP contribution in [0.15, 0.2) is 30.6 Å². The van der Waals surface area contributed by atoms with Gasteiger partial charge in [0.25, 0.3) is 0 Å². The molecule has 126 valence electrons. The van der Waals surface area contributed by atoms with Crippen LogP contribution in [0.2, 0.25) is 0 Å². The van der Waals surface area contributed by atoms with E-state index in [0.29, 0.717) is 12.4 Å². The molecular formula is C17H22N6O. The van der Waals surface area contributed by atoms with Crippen LogP contribution >= 0.6 is 0 Å². The summed E-state index contributed by atoms with van der Waals surface area (Å²) in [6.45, 7) is 3.96. The first-order valence-electron chi connectivity index (χ1n) is 8.13. The van der Waals surface area contributed by atoms with Crippen LogP contribution in [0.5, 0.6) is 0 Å². The van der Waals surface area contributed by atoms with Crippen molar-refractivity contribution in [2.24, 2.45) is 5.73 Å². The lowest BCUT2D eigenvalue weighted by atomic mass is 9.95. The highest BCUT2D eigenvalue weighted by molar-refractivity contribution is 5.75. The van der Waals surface area contributed by atoms with Crippen LogP contribution in [0.1, 0.15) is 30.1 Å². The third-order valence-electron chi connectivity index (χ3n) is 4.12. The van der Waals surface area contributed by atoms with Crippen molar-refractivity contribution in [2.45, 2.75) is 25.7 Å². The SMILES string of the molecule is Cc1cccc(Nc2cnc([C@@H]3CCCN(CC(N)=O)C3)cn2)n1. The van der Waals surface area contributed by atoms with Crippen molar-refractivity contribution in [3.63, 3.8) is 0 Å². The number of hydrogen-bond acceptors (Lipinski definition) is 6. The minimum Gasteiger partial charge on any atom is -0.369 e. The first kappa shape index (κ1) is 16.3. The topological polar surface area (TPSA) is 97.0 Å². The number of aryl methyl sites for hydroxylation is 1. The summed E-state index contributed by atoms with van der Waals surface area (Å²) < 4.78 is 0. The number of aromatic nitrogens is 3.